The van der Waals surface area contributed by atoms with E-state index in [9.17, 15) is 0 Å². The highest BCUT2D eigenvalue weighted by Gasteiger charge is 2.24. The smallest absolute Gasteiger partial charge is 0.124 e. The third-order valence-corrected chi connectivity index (χ3v) is 5.73. The Balaban J connectivity index is 1.54. The van der Waals surface area contributed by atoms with Gasteiger partial charge in [0.25, 0.3) is 0 Å². The zero-order valence-electron chi connectivity index (χ0n) is 18.0. The molecule has 0 aliphatic carbocycles. The minimum atomic E-state index is 0.515. The molecule has 1 aliphatic heterocycles. The average Bonchev–Trinajstić information content (AvgIpc) is 3.43. The van der Waals surface area contributed by atoms with Gasteiger partial charge < -0.3 is 9.64 Å². The number of likely N-dealkylation sites (N-methyl/N-ethyl adjacent to an activating group) is 1. The minimum Gasteiger partial charge on any atom is -0.488 e. The quantitative estimate of drug-likeness (QED) is 0.573. The van der Waals surface area contributed by atoms with Gasteiger partial charge in [-0.05, 0) is 45.1 Å². The maximum atomic E-state index is 6.23. The molecule has 0 saturated carbocycles. The van der Waals surface area contributed by atoms with Gasteiger partial charge in [-0.1, -0.05) is 6.07 Å². The second-order valence-electron chi connectivity index (χ2n) is 8.08. The van der Waals surface area contributed by atoms with Crippen molar-refractivity contribution in [2.75, 3.05) is 27.2 Å². The van der Waals surface area contributed by atoms with E-state index in [0.29, 0.717) is 12.6 Å². The van der Waals surface area contributed by atoms with E-state index in [2.05, 4.69) is 64.1 Å². The first kappa shape index (κ1) is 20.5. The summed E-state index contributed by atoms with van der Waals surface area (Å²) in [5.41, 5.74) is 4.40. The standard InChI is InChI=1S/C23H30N6O/c1-4-29-13-18(10-26-29)16-30-23-6-5-19(21-11-24-17-25-12-21)9-20(23)14-28-8-7-22(15-28)27(2)3/h5-6,9-13,17,22H,4,7-8,14-16H2,1-3H3. The highest BCUT2D eigenvalue weighted by atomic mass is 16.5. The number of likely N-dealkylation sites (tertiary alicyclic amines) is 1. The van der Waals surface area contributed by atoms with E-state index in [1.54, 1.807) is 6.33 Å². The number of aromatic nitrogens is 4. The van der Waals surface area contributed by atoms with Crippen LogP contribution in [0.2, 0.25) is 0 Å². The van der Waals surface area contributed by atoms with E-state index in [4.69, 9.17) is 4.74 Å². The molecule has 158 valence electrons. The number of hydrogen-bond donors (Lipinski definition) is 0. The molecule has 3 heterocycles. The van der Waals surface area contributed by atoms with E-state index >= 15 is 0 Å². The number of aryl methyl sites for hydroxylation is 1. The first-order valence-corrected chi connectivity index (χ1v) is 10.5. The van der Waals surface area contributed by atoms with Crippen molar-refractivity contribution in [2.45, 2.75) is 39.1 Å². The molecule has 1 saturated heterocycles. The van der Waals surface area contributed by atoms with Crippen LogP contribution in [0, 0.1) is 0 Å². The first-order valence-electron chi connectivity index (χ1n) is 10.5. The Morgan fingerprint density at radius 1 is 1.13 bits per heavy atom. The third kappa shape index (κ3) is 4.86. The van der Waals surface area contributed by atoms with Gasteiger partial charge in [0.2, 0.25) is 0 Å². The van der Waals surface area contributed by atoms with Crippen molar-refractivity contribution in [1.82, 2.24) is 29.5 Å². The molecule has 7 nitrogen and oxygen atoms in total. The molecule has 0 N–H and O–H groups in total. The van der Waals surface area contributed by atoms with Gasteiger partial charge in [0, 0.05) is 67.5 Å². The number of nitrogens with zero attached hydrogens (tertiary/aromatic N) is 6. The van der Waals surface area contributed by atoms with E-state index in [1.807, 2.05) is 29.5 Å². The zero-order valence-corrected chi connectivity index (χ0v) is 18.0. The first-order chi connectivity index (χ1) is 14.6. The van der Waals surface area contributed by atoms with Crippen molar-refractivity contribution in [3.8, 4) is 16.9 Å². The Kier molecular flexibility index (Phi) is 6.40. The highest BCUT2D eigenvalue weighted by molar-refractivity contribution is 5.64. The Labute approximate surface area is 178 Å². The van der Waals surface area contributed by atoms with Crippen LogP contribution in [-0.2, 0) is 19.7 Å². The molecule has 2 aromatic heterocycles. The van der Waals surface area contributed by atoms with E-state index in [0.717, 1.165) is 48.6 Å². The fourth-order valence-electron chi connectivity index (χ4n) is 3.90. The summed E-state index contributed by atoms with van der Waals surface area (Å²) in [6, 6.07) is 6.98. The average molecular weight is 407 g/mol. The Bertz CT molecular complexity index is 955. The number of ether oxygens (including phenoxy) is 1. The maximum absolute atomic E-state index is 6.23. The molecule has 1 unspecified atom stereocenters. The van der Waals surface area contributed by atoms with Gasteiger partial charge in [0.15, 0.2) is 0 Å². The Hall–Kier alpha value is -2.77. The van der Waals surface area contributed by atoms with Crippen LogP contribution in [0.3, 0.4) is 0 Å². The van der Waals surface area contributed by atoms with E-state index in [1.165, 1.54) is 12.0 Å². The third-order valence-electron chi connectivity index (χ3n) is 5.73. The second kappa shape index (κ2) is 9.36. The van der Waals surface area contributed by atoms with Gasteiger partial charge in [-0.25, -0.2) is 9.97 Å². The molecule has 0 spiro atoms. The predicted molar refractivity (Wildman–Crippen MR) is 117 cm³/mol. The fraction of sp³-hybridized carbons (Fsp3) is 0.435. The molecular weight excluding hydrogens is 376 g/mol. The zero-order chi connectivity index (χ0) is 20.9. The predicted octanol–water partition coefficient (Wildman–Crippen LogP) is 3.07. The van der Waals surface area contributed by atoms with Crippen molar-refractivity contribution in [2.24, 2.45) is 0 Å². The van der Waals surface area contributed by atoms with Gasteiger partial charge in [0.1, 0.15) is 18.7 Å². The fourth-order valence-corrected chi connectivity index (χ4v) is 3.90. The summed E-state index contributed by atoms with van der Waals surface area (Å²) in [6.07, 6.45) is 10.4. The SMILES string of the molecule is CCn1cc(COc2ccc(-c3cncnc3)cc2CN2CCC(N(C)C)C2)cn1. The maximum Gasteiger partial charge on any atom is 0.124 e. The van der Waals surface area contributed by atoms with Crippen LogP contribution in [0.4, 0.5) is 0 Å². The number of hydrogen-bond acceptors (Lipinski definition) is 6. The van der Waals surface area contributed by atoms with E-state index < -0.39 is 0 Å². The summed E-state index contributed by atoms with van der Waals surface area (Å²) in [5, 5.41) is 4.34. The van der Waals surface area contributed by atoms with Crippen molar-refractivity contribution >= 4 is 0 Å². The topological polar surface area (TPSA) is 59.3 Å². The van der Waals surface area contributed by atoms with Crippen LogP contribution >= 0.6 is 0 Å². The lowest BCUT2D eigenvalue weighted by atomic mass is 10.0. The van der Waals surface area contributed by atoms with E-state index in [-0.39, 0.29) is 0 Å². The molecule has 3 aromatic rings. The Morgan fingerprint density at radius 3 is 2.67 bits per heavy atom. The molecule has 1 atom stereocenters. The summed E-state index contributed by atoms with van der Waals surface area (Å²) in [6.45, 7) is 6.51. The number of benzene rings is 1. The lowest BCUT2D eigenvalue weighted by molar-refractivity contribution is 0.257. The van der Waals surface area contributed by atoms with Crippen molar-refractivity contribution in [3.05, 3.63) is 60.4 Å². The summed E-state index contributed by atoms with van der Waals surface area (Å²) in [5.74, 6) is 0.924. The lowest BCUT2D eigenvalue weighted by Gasteiger charge is -2.22. The minimum absolute atomic E-state index is 0.515. The lowest BCUT2D eigenvalue weighted by Crippen LogP contribution is -2.31. The summed E-state index contributed by atoms with van der Waals surface area (Å²) in [4.78, 5) is 13.2. The summed E-state index contributed by atoms with van der Waals surface area (Å²) >= 11 is 0. The highest BCUT2D eigenvalue weighted by Crippen LogP contribution is 2.29. The molecule has 0 amide bonds. The van der Waals surface area contributed by atoms with Gasteiger partial charge in [0.05, 0.1) is 6.20 Å². The molecule has 30 heavy (non-hydrogen) atoms. The van der Waals surface area contributed by atoms with Gasteiger partial charge in [-0.3, -0.25) is 9.58 Å². The summed E-state index contributed by atoms with van der Waals surface area (Å²) in [7, 11) is 4.32. The molecule has 4 rings (SSSR count). The number of rotatable bonds is 8. The van der Waals surface area contributed by atoms with Crippen molar-refractivity contribution < 1.29 is 4.74 Å². The van der Waals surface area contributed by atoms with Crippen LogP contribution < -0.4 is 4.74 Å². The normalized spacial score (nSPS) is 17.0. The van der Waals surface area contributed by atoms with Crippen LogP contribution in [-0.4, -0.2) is 62.8 Å². The van der Waals surface area contributed by atoms with Crippen molar-refractivity contribution in [3.63, 3.8) is 0 Å². The molecule has 7 heteroatoms. The molecule has 0 radical (unpaired) electrons. The van der Waals surface area contributed by atoms with Gasteiger partial charge in [-0.15, -0.1) is 0 Å². The van der Waals surface area contributed by atoms with Crippen molar-refractivity contribution in [1.29, 1.82) is 0 Å². The molecule has 0 bridgehead atoms. The van der Waals surface area contributed by atoms with Crippen LogP contribution in [0.15, 0.2) is 49.3 Å². The largest absolute Gasteiger partial charge is 0.488 e. The van der Waals surface area contributed by atoms with Crippen LogP contribution in [0.25, 0.3) is 11.1 Å². The molecular formula is C23H30N6O. The Morgan fingerprint density at radius 2 is 1.97 bits per heavy atom. The second-order valence-corrected chi connectivity index (χ2v) is 8.08. The van der Waals surface area contributed by atoms with Gasteiger partial charge in [-0.2, -0.15) is 5.10 Å². The van der Waals surface area contributed by atoms with Crippen LogP contribution in [0.5, 0.6) is 5.75 Å². The molecule has 1 aliphatic rings. The summed E-state index contributed by atoms with van der Waals surface area (Å²) < 4.78 is 8.16. The van der Waals surface area contributed by atoms with Gasteiger partial charge >= 0.3 is 0 Å². The van der Waals surface area contributed by atoms with Crippen LogP contribution in [0.1, 0.15) is 24.5 Å². The molecule has 1 fully saturated rings. The monoisotopic (exact) mass is 406 g/mol. The molecule has 1 aromatic carbocycles.